The molecule has 3 unspecified atom stereocenters. The summed E-state index contributed by atoms with van der Waals surface area (Å²) in [6.45, 7) is 2.23. The Morgan fingerprint density at radius 3 is 2.86 bits per heavy atom. The Bertz CT molecular complexity index is 503. The summed E-state index contributed by atoms with van der Waals surface area (Å²) < 4.78 is 11.5. The fourth-order valence-corrected chi connectivity index (χ4v) is 3.88. The summed E-state index contributed by atoms with van der Waals surface area (Å²) in [5, 5.41) is 10.8. The van der Waals surface area contributed by atoms with E-state index in [2.05, 4.69) is 24.3 Å². The molecule has 3 fully saturated rings. The molecule has 1 saturated carbocycles. The van der Waals surface area contributed by atoms with Crippen LogP contribution in [0, 0.1) is 5.92 Å². The Kier molecular flexibility index (Phi) is 3.52. The van der Waals surface area contributed by atoms with Crippen LogP contribution in [-0.4, -0.2) is 30.5 Å². The second-order valence-corrected chi connectivity index (χ2v) is 6.98. The van der Waals surface area contributed by atoms with Gasteiger partial charge in [0.15, 0.2) is 0 Å². The average molecular weight is 288 g/mol. The molecule has 4 rings (SSSR count). The summed E-state index contributed by atoms with van der Waals surface area (Å²) in [6, 6.07) is 8.59. The maximum absolute atomic E-state index is 10.8. The highest BCUT2D eigenvalue weighted by Crippen LogP contribution is 2.43. The van der Waals surface area contributed by atoms with Crippen molar-refractivity contribution in [2.45, 2.75) is 49.7 Å². The minimum atomic E-state index is -0.370. The van der Waals surface area contributed by atoms with Crippen LogP contribution in [0.2, 0.25) is 0 Å². The zero-order valence-corrected chi connectivity index (χ0v) is 12.5. The van der Waals surface area contributed by atoms with Crippen LogP contribution in [0.15, 0.2) is 24.3 Å². The van der Waals surface area contributed by atoms with E-state index in [1.807, 2.05) is 0 Å². The van der Waals surface area contributed by atoms with E-state index in [0.717, 1.165) is 44.0 Å². The molecule has 2 saturated heterocycles. The van der Waals surface area contributed by atoms with Crippen LogP contribution in [0.5, 0.6) is 0 Å². The predicted molar refractivity (Wildman–Crippen MR) is 80.2 cm³/mol. The van der Waals surface area contributed by atoms with Crippen molar-refractivity contribution >= 4 is 0 Å². The highest BCUT2D eigenvalue weighted by Gasteiger charge is 2.43. The molecule has 0 bridgehead atoms. The standard InChI is InChI=1S/C18H24O3/c19-17(15-3-1-2-14(10-15)13-4-5-13)16-6-8-21-18(11-16)7-9-20-12-18/h1-3,10,13,16-17,19H,4-9,11-12H2. The Balaban J connectivity index is 1.50. The molecule has 2 aliphatic heterocycles. The SMILES string of the molecule is OC(c1cccc(C2CC2)c1)C1CCOC2(CCOC2)C1. The van der Waals surface area contributed by atoms with E-state index in [1.165, 1.54) is 18.4 Å². The van der Waals surface area contributed by atoms with Gasteiger partial charge in [-0.2, -0.15) is 0 Å². The van der Waals surface area contributed by atoms with Crippen molar-refractivity contribution in [3.8, 4) is 0 Å². The third-order valence-electron chi connectivity index (χ3n) is 5.35. The zero-order chi connectivity index (χ0) is 14.3. The first-order chi connectivity index (χ1) is 10.3. The van der Waals surface area contributed by atoms with Crippen LogP contribution >= 0.6 is 0 Å². The van der Waals surface area contributed by atoms with Gasteiger partial charge >= 0.3 is 0 Å². The molecular formula is C18H24O3. The molecule has 3 nitrogen and oxygen atoms in total. The van der Waals surface area contributed by atoms with Crippen molar-refractivity contribution in [3.63, 3.8) is 0 Å². The van der Waals surface area contributed by atoms with Crippen molar-refractivity contribution in [1.29, 1.82) is 0 Å². The Labute approximate surface area is 126 Å². The first-order valence-corrected chi connectivity index (χ1v) is 8.25. The largest absolute Gasteiger partial charge is 0.388 e. The summed E-state index contributed by atoms with van der Waals surface area (Å²) >= 11 is 0. The molecule has 1 N–H and O–H groups in total. The lowest BCUT2D eigenvalue weighted by atomic mass is 9.80. The van der Waals surface area contributed by atoms with E-state index < -0.39 is 0 Å². The van der Waals surface area contributed by atoms with Gasteiger partial charge in [0.05, 0.1) is 18.3 Å². The van der Waals surface area contributed by atoms with Gasteiger partial charge in [0, 0.05) is 19.6 Å². The van der Waals surface area contributed by atoms with E-state index in [-0.39, 0.29) is 17.6 Å². The number of hydrogen-bond donors (Lipinski definition) is 1. The minimum Gasteiger partial charge on any atom is -0.388 e. The molecule has 0 aromatic heterocycles. The highest BCUT2D eigenvalue weighted by atomic mass is 16.6. The van der Waals surface area contributed by atoms with Gasteiger partial charge in [-0.05, 0) is 48.6 Å². The number of aliphatic hydroxyl groups is 1. The Morgan fingerprint density at radius 1 is 1.19 bits per heavy atom. The lowest BCUT2D eigenvalue weighted by Gasteiger charge is -2.39. The fraction of sp³-hybridized carbons (Fsp3) is 0.667. The van der Waals surface area contributed by atoms with Crippen LogP contribution in [0.25, 0.3) is 0 Å². The lowest BCUT2D eigenvalue weighted by molar-refractivity contribution is -0.117. The highest BCUT2D eigenvalue weighted by molar-refractivity contribution is 5.30. The van der Waals surface area contributed by atoms with Crippen molar-refractivity contribution in [3.05, 3.63) is 35.4 Å². The summed E-state index contributed by atoms with van der Waals surface area (Å²) in [7, 11) is 0. The van der Waals surface area contributed by atoms with Crippen LogP contribution < -0.4 is 0 Å². The number of aliphatic hydroxyl groups excluding tert-OH is 1. The maximum Gasteiger partial charge on any atom is 0.0940 e. The zero-order valence-electron chi connectivity index (χ0n) is 12.5. The van der Waals surface area contributed by atoms with E-state index >= 15 is 0 Å². The van der Waals surface area contributed by atoms with Gasteiger partial charge in [0.2, 0.25) is 0 Å². The van der Waals surface area contributed by atoms with Crippen molar-refractivity contribution in [2.24, 2.45) is 5.92 Å². The fourth-order valence-electron chi connectivity index (χ4n) is 3.88. The van der Waals surface area contributed by atoms with Gasteiger partial charge in [0.25, 0.3) is 0 Å². The van der Waals surface area contributed by atoms with E-state index in [4.69, 9.17) is 9.47 Å². The second-order valence-electron chi connectivity index (χ2n) is 6.98. The molecule has 0 amide bonds. The van der Waals surface area contributed by atoms with Gasteiger partial charge < -0.3 is 14.6 Å². The Hall–Kier alpha value is -0.900. The molecule has 1 spiro atoms. The first-order valence-electron chi connectivity index (χ1n) is 8.25. The summed E-state index contributed by atoms with van der Waals surface area (Å²) in [5.41, 5.74) is 2.36. The molecule has 1 aromatic carbocycles. The number of hydrogen-bond acceptors (Lipinski definition) is 3. The van der Waals surface area contributed by atoms with Gasteiger partial charge in [-0.15, -0.1) is 0 Å². The first kappa shape index (κ1) is 13.7. The third-order valence-corrected chi connectivity index (χ3v) is 5.35. The Morgan fingerprint density at radius 2 is 2.10 bits per heavy atom. The molecule has 114 valence electrons. The molecule has 21 heavy (non-hydrogen) atoms. The van der Waals surface area contributed by atoms with Crippen LogP contribution in [0.4, 0.5) is 0 Å². The second kappa shape index (κ2) is 5.38. The molecule has 1 aliphatic carbocycles. The predicted octanol–water partition coefficient (Wildman–Crippen LogP) is 3.18. The molecule has 1 aromatic rings. The van der Waals surface area contributed by atoms with Crippen LogP contribution in [-0.2, 0) is 9.47 Å². The summed E-state index contributed by atoms with van der Waals surface area (Å²) in [5.74, 6) is 1.02. The van der Waals surface area contributed by atoms with E-state index in [0.29, 0.717) is 6.61 Å². The maximum atomic E-state index is 10.8. The number of rotatable bonds is 3. The van der Waals surface area contributed by atoms with Gasteiger partial charge in [-0.1, -0.05) is 24.3 Å². The quantitative estimate of drug-likeness (QED) is 0.928. The smallest absolute Gasteiger partial charge is 0.0940 e. The summed E-state index contributed by atoms with van der Waals surface area (Å²) in [6.07, 6.45) is 5.07. The molecule has 3 atom stereocenters. The molecule has 2 heterocycles. The lowest BCUT2D eigenvalue weighted by Crippen LogP contribution is -2.41. The van der Waals surface area contributed by atoms with Crippen LogP contribution in [0.1, 0.15) is 55.3 Å². The van der Waals surface area contributed by atoms with E-state index in [9.17, 15) is 5.11 Å². The van der Waals surface area contributed by atoms with Crippen molar-refractivity contribution in [2.75, 3.05) is 19.8 Å². The normalized spacial score (nSPS) is 34.2. The summed E-state index contributed by atoms with van der Waals surface area (Å²) in [4.78, 5) is 0. The van der Waals surface area contributed by atoms with Gasteiger partial charge in [-0.3, -0.25) is 0 Å². The van der Waals surface area contributed by atoms with Gasteiger partial charge in [-0.25, -0.2) is 0 Å². The molecule has 3 heteroatoms. The van der Waals surface area contributed by atoms with Crippen molar-refractivity contribution < 1.29 is 14.6 Å². The van der Waals surface area contributed by atoms with Gasteiger partial charge in [0.1, 0.15) is 0 Å². The van der Waals surface area contributed by atoms with E-state index in [1.54, 1.807) is 0 Å². The third kappa shape index (κ3) is 2.75. The average Bonchev–Trinajstić information content (AvgIpc) is 3.29. The van der Waals surface area contributed by atoms with Crippen molar-refractivity contribution in [1.82, 2.24) is 0 Å². The van der Waals surface area contributed by atoms with Crippen LogP contribution in [0.3, 0.4) is 0 Å². The monoisotopic (exact) mass is 288 g/mol. The number of ether oxygens (including phenoxy) is 2. The molecule has 3 aliphatic rings. The number of benzene rings is 1. The molecular weight excluding hydrogens is 264 g/mol. The minimum absolute atomic E-state index is 0.127. The molecule has 0 radical (unpaired) electrons. The topological polar surface area (TPSA) is 38.7 Å².